The predicted molar refractivity (Wildman–Crippen MR) is 95.4 cm³/mol. The molecule has 1 amide bonds. The Hall–Kier alpha value is -2.45. The van der Waals surface area contributed by atoms with Gasteiger partial charge in [0.25, 0.3) is 6.47 Å². The Balaban J connectivity index is 0.000000701. The lowest BCUT2D eigenvalue weighted by atomic mass is 10.2. The first kappa shape index (κ1) is 18.9. The van der Waals surface area contributed by atoms with E-state index in [9.17, 15) is 4.79 Å². The normalized spacial score (nSPS) is 18.4. The molecule has 8 heteroatoms. The van der Waals surface area contributed by atoms with Gasteiger partial charge in [0.15, 0.2) is 0 Å². The van der Waals surface area contributed by atoms with Crippen LogP contribution in [0.15, 0.2) is 24.3 Å². The number of H-pyrrole nitrogens is 1. The number of para-hydroxylation sites is 2. The zero-order valence-corrected chi connectivity index (χ0v) is 14.6. The van der Waals surface area contributed by atoms with Crippen molar-refractivity contribution < 1.29 is 14.7 Å². The van der Waals surface area contributed by atoms with Crippen LogP contribution in [0.2, 0.25) is 0 Å². The molecule has 0 radical (unpaired) electrons. The van der Waals surface area contributed by atoms with E-state index in [4.69, 9.17) is 9.90 Å². The Morgan fingerprint density at radius 2 is 2.12 bits per heavy atom. The average Bonchev–Trinajstić information content (AvgIpc) is 2.98. The molecule has 3 N–H and O–H groups in total. The number of imidazole rings is 1. The molecule has 1 atom stereocenters. The maximum atomic E-state index is 12.1. The topological polar surface area (TPSA) is 102 Å². The van der Waals surface area contributed by atoms with Gasteiger partial charge in [-0.1, -0.05) is 12.1 Å². The van der Waals surface area contributed by atoms with Crippen LogP contribution in [-0.2, 0) is 16.0 Å². The van der Waals surface area contributed by atoms with Crippen LogP contribution in [-0.4, -0.2) is 83.6 Å². The second kappa shape index (κ2) is 9.14. The van der Waals surface area contributed by atoms with Gasteiger partial charge < -0.3 is 20.3 Å². The minimum atomic E-state index is -0.250. The third-order valence-electron chi connectivity index (χ3n) is 4.28. The van der Waals surface area contributed by atoms with E-state index in [1.165, 1.54) is 0 Å². The van der Waals surface area contributed by atoms with Gasteiger partial charge >= 0.3 is 0 Å². The fourth-order valence-corrected chi connectivity index (χ4v) is 2.86. The number of hydrogen-bond donors (Lipinski definition) is 3. The minimum Gasteiger partial charge on any atom is -0.483 e. The van der Waals surface area contributed by atoms with E-state index < -0.39 is 0 Å². The molecule has 1 saturated heterocycles. The van der Waals surface area contributed by atoms with Crippen molar-refractivity contribution in [3.8, 4) is 0 Å². The van der Waals surface area contributed by atoms with Crippen molar-refractivity contribution in [2.75, 3.05) is 40.3 Å². The van der Waals surface area contributed by atoms with E-state index in [2.05, 4.69) is 39.2 Å². The Kier molecular flexibility index (Phi) is 6.91. The number of piperazine rings is 1. The van der Waals surface area contributed by atoms with Crippen LogP contribution in [0.1, 0.15) is 5.82 Å². The number of aromatic amines is 1. The number of rotatable bonds is 4. The fourth-order valence-electron chi connectivity index (χ4n) is 2.86. The van der Waals surface area contributed by atoms with E-state index in [0.29, 0.717) is 24.8 Å². The van der Waals surface area contributed by atoms with Crippen LogP contribution in [0.5, 0.6) is 0 Å². The lowest BCUT2D eigenvalue weighted by Gasteiger charge is -2.37. The highest BCUT2D eigenvalue weighted by Crippen LogP contribution is 2.10. The molecule has 0 saturated carbocycles. The van der Waals surface area contributed by atoms with Crippen molar-refractivity contribution in [3.63, 3.8) is 0 Å². The van der Waals surface area contributed by atoms with Crippen LogP contribution in [0.3, 0.4) is 0 Å². The lowest BCUT2D eigenvalue weighted by Crippen LogP contribution is -2.54. The summed E-state index contributed by atoms with van der Waals surface area (Å²) in [5, 5.41) is 9.92. The first-order valence-electron chi connectivity index (χ1n) is 8.20. The number of amides is 1. The molecule has 136 valence electrons. The quantitative estimate of drug-likeness (QED) is 0.682. The molecule has 1 unspecified atom stereocenters. The third-order valence-corrected chi connectivity index (χ3v) is 4.28. The molecule has 1 aliphatic rings. The monoisotopic (exact) mass is 347 g/mol. The molecular weight excluding hydrogens is 322 g/mol. The van der Waals surface area contributed by atoms with Gasteiger partial charge in [0, 0.05) is 32.2 Å². The molecule has 1 aromatic carbocycles. The number of aromatic nitrogens is 2. The van der Waals surface area contributed by atoms with E-state index in [-0.39, 0.29) is 12.4 Å². The Bertz CT molecular complexity index is 669. The highest BCUT2D eigenvalue weighted by molar-refractivity contribution is 5.80. The molecule has 1 fully saturated rings. The van der Waals surface area contributed by atoms with Gasteiger partial charge in [-0.25, -0.2) is 4.98 Å². The smallest absolute Gasteiger partial charge is 0.290 e. The van der Waals surface area contributed by atoms with E-state index >= 15 is 0 Å². The number of hydrogen-bond acceptors (Lipinski definition) is 5. The van der Waals surface area contributed by atoms with Gasteiger partial charge in [-0.15, -0.1) is 0 Å². The van der Waals surface area contributed by atoms with Gasteiger partial charge in [-0.3, -0.25) is 14.5 Å². The standard InChI is InChI=1S/C16H23N5O.CH2O2/c1-20-7-8-21(2)12(11-20)10-17-16(22)9-15-18-13-5-3-4-6-14(13)19-15;2-1-3/h3-6,12H,7-11H2,1-2H3,(H,17,22)(H,18,19);1H,(H,2,3). The van der Waals surface area contributed by atoms with Crippen molar-refractivity contribution in [1.29, 1.82) is 0 Å². The molecule has 1 aliphatic heterocycles. The summed E-state index contributed by atoms with van der Waals surface area (Å²) in [5.74, 6) is 0.730. The Morgan fingerprint density at radius 3 is 2.84 bits per heavy atom. The zero-order chi connectivity index (χ0) is 18.2. The molecule has 3 rings (SSSR count). The molecule has 2 heterocycles. The SMILES string of the molecule is CN1CCN(C)C(CNC(=O)Cc2nc3ccccc3[nH]2)C1.O=CO. The van der Waals surface area contributed by atoms with Crippen LogP contribution in [0, 0.1) is 0 Å². The number of likely N-dealkylation sites (N-methyl/N-ethyl adjacent to an activating group) is 2. The van der Waals surface area contributed by atoms with E-state index in [1.54, 1.807) is 0 Å². The van der Waals surface area contributed by atoms with Crippen LogP contribution < -0.4 is 5.32 Å². The molecule has 0 bridgehead atoms. The number of nitrogens with zero attached hydrogens (tertiary/aromatic N) is 3. The summed E-state index contributed by atoms with van der Waals surface area (Å²) in [6, 6.07) is 8.19. The fraction of sp³-hybridized carbons (Fsp3) is 0.471. The van der Waals surface area contributed by atoms with E-state index in [1.807, 2.05) is 24.3 Å². The maximum absolute atomic E-state index is 12.1. The summed E-state index contributed by atoms with van der Waals surface area (Å²) in [6.07, 6.45) is 0.293. The van der Waals surface area contributed by atoms with Crippen molar-refractivity contribution >= 4 is 23.4 Å². The third kappa shape index (κ3) is 5.54. The molecular formula is C17H25N5O3. The number of carbonyl (C=O) groups excluding carboxylic acids is 1. The zero-order valence-electron chi connectivity index (χ0n) is 14.6. The predicted octanol–water partition coefficient (Wildman–Crippen LogP) is 0.168. The number of carbonyl (C=O) groups is 2. The first-order chi connectivity index (χ1) is 12.0. The maximum Gasteiger partial charge on any atom is 0.290 e. The van der Waals surface area contributed by atoms with Gasteiger partial charge in [-0.2, -0.15) is 0 Å². The van der Waals surface area contributed by atoms with E-state index in [0.717, 1.165) is 30.7 Å². The highest BCUT2D eigenvalue weighted by Gasteiger charge is 2.22. The van der Waals surface area contributed by atoms with Crippen molar-refractivity contribution in [2.45, 2.75) is 12.5 Å². The largest absolute Gasteiger partial charge is 0.483 e. The summed E-state index contributed by atoms with van der Waals surface area (Å²) in [7, 11) is 4.24. The van der Waals surface area contributed by atoms with Crippen LogP contribution >= 0.6 is 0 Å². The van der Waals surface area contributed by atoms with Crippen LogP contribution in [0.4, 0.5) is 0 Å². The van der Waals surface area contributed by atoms with Crippen molar-refractivity contribution in [2.24, 2.45) is 0 Å². The minimum absolute atomic E-state index is 0.0145. The molecule has 0 aliphatic carbocycles. The number of nitrogens with one attached hydrogen (secondary N) is 2. The summed E-state index contributed by atoms with van der Waals surface area (Å²) >= 11 is 0. The summed E-state index contributed by atoms with van der Waals surface area (Å²) in [6.45, 7) is 3.54. The van der Waals surface area contributed by atoms with Crippen molar-refractivity contribution in [3.05, 3.63) is 30.1 Å². The number of fused-ring (bicyclic) bond motifs is 1. The Morgan fingerprint density at radius 1 is 1.40 bits per heavy atom. The van der Waals surface area contributed by atoms with Crippen LogP contribution in [0.25, 0.3) is 11.0 Å². The summed E-state index contributed by atoms with van der Waals surface area (Å²) in [5.41, 5.74) is 1.87. The lowest BCUT2D eigenvalue weighted by molar-refractivity contribution is -0.123. The van der Waals surface area contributed by atoms with Gasteiger partial charge in [0.2, 0.25) is 5.91 Å². The summed E-state index contributed by atoms with van der Waals surface area (Å²) < 4.78 is 0. The highest BCUT2D eigenvalue weighted by atomic mass is 16.3. The molecule has 8 nitrogen and oxygen atoms in total. The second-order valence-corrected chi connectivity index (χ2v) is 6.18. The molecule has 0 spiro atoms. The molecule has 2 aromatic rings. The van der Waals surface area contributed by atoms with Gasteiger partial charge in [0.1, 0.15) is 5.82 Å². The van der Waals surface area contributed by atoms with Crippen molar-refractivity contribution in [1.82, 2.24) is 25.1 Å². The van der Waals surface area contributed by atoms with Gasteiger partial charge in [0.05, 0.1) is 17.5 Å². The molecule has 1 aromatic heterocycles. The number of benzene rings is 1. The number of carboxylic acid groups (broad SMARTS) is 1. The summed E-state index contributed by atoms with van der Waals surface area (Å²) in [4.78, 5) is 32.7. The molecule has 25 heavy (non-hydrogen) atoms. The first-order valence-corrected chi connectivity index (χ1v) is 8.20. The average molecular weight is 347 g/mol. The Labute approximate surface area is 146 Å². The second-order valence-electron chi connectivity index (χ2n) is 6.18. The van der Waals surface area contributed by atoms with Gasteiger partial charge in [-0.05, 0) is 26.2 Å².